The monoisotopic (exact) mass is 249 g/mol. The first-order valence-electron chi connectivity index (χ1n) is 6.26. The Morgan fingerprint density at radius 1 is 1.35 bits per heavy atom. The minimum absolute atomic E-state index is 0.0909. The highest BCUT2D eigenvalue weighted by molar-refractivity contribution is 6.21. The fraction of sp³-hybridized carbons (Fsp3) is 0.500. The molecule has 0 N–H and O–H groups in total. The molecule has 1 aliphatic carbocycles. The Labute approximate surface area is 107 Å². The van der Waals surface area contributed by atoms with Crippen molar-refractivity contribution in [3.63, 3.8) is 0 Å². The van der Waals surface area contributed by atoms with E-state index in [0.717, 1.165) is 32.4 Å². The topological polar surface area (TPSA) is 20.3 Å². The van der Waals surface area contributed by atoms with Crippen LogP contribution in [0.1, 0.15) is 29.9 Å². The second-order valence-corrected chi connectivity index (χ2v) is 5.60. The number of hydrogen-bond donors (Lipinski definition) is 0. The smallest absolute Gasteiger partial charge is 0.230 e. The predicted molar refractivity (Wildman–Crippen MR) is 68.3 cm³/mol. The normalized spacial score (nSPS) is 27.2. The lowest BCUT2D eigenvalue weighted by Crippen LogP contribution is -2.45. The first kappa shape index (κ1) is 11.1. The zero-order valence-corrected chi connectivity index (χ0v) is 10.5. The van der Waals surface area contributed by atoms with E-state index in [1.54, 1.807) is 0 Å². The third kappa shape index (κ3) is 1.95. The van der Waals surface area contributed by atoms with Crippen molar-refractivity contribution in [1.82, 2.24) is 4.90 Å². The Morgan fingerprint density at radius 3 is 2.94 bits per heavy atom. The van der Waals surface area contributed by atoms with Crippen molar-refractivity contribution in [2.24, 2.45) is 0 Å². The van der Waals surface area contributed by atoms with Gasteiger partial charge in [0.25, 0.3) is 0 Å². The third-order valence-electron chi connectivity index (χ3n) is 3.83. The molecule has 0 aromatic heterocycles. The van der Waals surface area contributed by atoms with Crippen molar-refractivity contribution in [3.8, 4) is 0 Å². The van der Waals surface area contributed by atoms with Gasteiger partial charge in [-0.05, 0) is 30.4 Å². The number of benzene rings is 1. The van der Waals surface area contributed by atoms with Crippen LogP contribution in [-0.2, 0) is 11.2 Å². The first-order chi connectivity index (χ1) is 8.25. The van der Waals surface area contributed by atoms with E-state index in [-0.39, 0.29) is 17.2 Å². The van der Waals surface area contributed by atoms with Gasteiger partial charge in [0.05, 0.1) is 11.3 Å². The number of amides is 1. The van der Waals surface area contributed by atoms with Crippen molar-refractivity contribution in [1.29, 1.82) is 0 Å². The first-order valence-corrected chi connectivity index (χ1v) is 6.70. The van der Waals surface area contributed by atoms with Crippen molar-refractivity contribution in [2.45, 2.75) is 30.6 Å². The molecule has 90 valence electrons. The van der Waals surface area contributed by atoms with Crippen LogP contribution in [0.4, 0.5) is 0 Å². The maximum atomic E-state index is 12.4. The summed E-state index contributed by atoms with van der Waals surface area (Å²) < 4.78 is 0. The largest absolute Gasteiger partial charge is 0.341 e. The molecule has 1 aromatic rings. The number of carbonyl (C=O) groups excluding carboxylic acids is 1. The molecule has 1 saturated heterocycles. The molecule has 0 radical (unpaired) electrons. The summed E-state index contributed by atoms with van der Waals surface area (Å²) in [5, 5.41) is 0.142. The Bertz CT molecular complexity index is 446. The van der Waals surface area contributed by atoms with Crippen LogP contribution >= 0.6 is 11.6 Å². The zero-order chi connectivity index (χ0) is 11.8. The Kier molecular flexibility index (Phi) is 2.83. The molecule has 2 nitrogen and oxygen atoms in total. The molecule has 1 amide bonds. The van der Waals surface area contributed by atoms with Crippen molar-refractivity contribution < 1.29 is 4.79 Å². The molecular weight excluding hydrogens is 234 g/mol. The maximum absolute atomic E-state index is 12.4. The molecule has 2 unspecified atom stereocenters. The van der Waals surface area contributed by atoms with Crippen molar-refractivity contribution in [3.05, 3.63) is 35.4 Å². The summed E-state index contributed by atoms with van der Waals surface area (Å²) in [5.41, 5.74) is 2.54. The number of halogens is 1. The number of carbonyl (C=O) groups is 1. The summed E-state index contributed by atoms with van der Waals surface area (Å²) in [7, 11) is 0. The van der Waals surface area contributed by atoms with Gasteiger partial charge in [-0.1, -0.05) is 24.3 Å². The van der Waals surface area contributed by atoms with Crippen LogP contribution in [0.15, 0.2) is 24.3 Å². The molecule has 3 rings (SSSR count). The summed E-state index contributed by atoms with van der Waals surface area (Å²) in [6, 6.07) is 8.23. The molecule has 0 spiro atoms. The molecule has 1 fully saturated rings. The summed E-state index contributed by atoms with van der Waals surface area (Å²) in [6.45, 7) is 1.60. The van der Waals surface area contributed by atoms with Crippen LogP contribution in [0.3, 0.4) is 0 Å². The molecule has 17 heavy (non-hydrogen) atoms. The Morgan fingerprint density at radius 2 is 2.18 bits per heavy atom. The Balaban J connectivity index is 1.72. The minimum atomic E-state index is 0.0909. The average Bonchev–Trinajstić information content (AvgIpc) is 2.30. The van der Waals surface area contributed by atoms with E-state index in [1.165, 1.54) is 11.1 Å². The van der Waals surface area contributed by atoms with E-state index in [4.69, 9.17) is 11.6 Å². The number of alkyl halides is 1. The third-order valence-corrected chi connectivity index (χ3v) is 4.18. The second kappa shape index (κ2) is 4.34. The molecule has 0 saturated carbocycles. The molecule has 2 aliphatic rings. The molecule has 3 heteroatoms. The van der Waals surface area contributed by atoms with Crippen LogP contribution in [0.2, 0.25) is 0 Å². The summed E-state index contributed by atoms with van der Waals surface area (Å²) >= 11 is 6.13. The van der Waals surface area contributed by atoms with Crippen LogP contribution in [-0.4, -0.2) is 29.3 Å². The molecular formula is C14H16ClNO. The van der Waals surface area contributed by atoms with Gasteiger partial charge in [0.1, 0.15) is 0 Å². The number of rotatable bonds is 1. The number of piperidine rings is 1. The summed E-state index contributed by atoms with van der Waals surface area (Å²) in [4.78, 5) is 14.3. The van der Waals surface area contributed by atoms with Gasteiger partial charge in [-0.15, -0.1) is 11.6 Å². The Hall–Kier alpha value is -1.02. The number of likely N-dealkylation sites (tertiary alicyclic amines) is 1. The van der Waals surface area contributed by atoms with Crippen molar-refractivity contribution >= 4 is 17.5 Å². The number of fused-ring (bicyclic) bond motifs is 1. The van der Waals surface area contributed by atoms with Gasteiger partial charge in [0.15, 0.2) is 0 Å². The van der Waals surface area contributed by atoms with Gasteiger partial charge < -0.3 is 4.90 Å². The van der Waals surface area contributed by atoms with E-state index in [0.29, 0.717) is 0 Å². The van der Waals surface area contributed by atoms with Gasteiger partial charge in [-0.25, -0.2) is 0 Å². The highest BCUT2D eigenvalue weighted by Gasteiger charge is 2.35. The van der Waals surface area contributed by atoms with Gasteiger partial charge in [-0.2, -0.15) is 0 Å². The maximum Gasteiger partial charge on any atom is 0.230 e. The van der Waals surface area contributed by atoms with E-state index in [9.17, 15) is 4.79 Å². The average molecular weight is 250 g/mol. The van der Waals surface area contributed by atoms with Gasteiger partial charge in [-0.3, -0.25) is 4.79 Å². The van der Waals surface area contributed by atoms with Crippen LogP contribution in [0.25, 0.3) is 0 Å². The second-order valence-electron chi connectivity index (χ2n) is 4.98. The van der Waals surface area contributed by atoms with Gasteiger partial charge >= 0.3 is 0 Å². The highest BCUT2D eigenvalue weighted by Crippen LogP contribution is 2.36. The lowest BCUT2D eigenvalue weighted by atomic mass is 9.76. The lowest BCUT2D eigenvalue weighted by Gasteiger charge is -2.37. The van der Waals surface area contributed by atoms with Crippen LogP contribution in [0.5, 0.6) is 0 Å². The van der Waals surface area contributed by atoms with Gasteiger partial charge in [0.2, 0.25) is 5.91 Å². The molecule has 1 heterocycles. The van der Waals surface area contributed by atoms with E-state index >= 15 is 0 Å². The van der Waals surface area contributed by atoms with E-state index < -0.39 is 0 Å². The highest BCUT2D eigenvalue weighted by atomic mass is 35.5. The molecule has 2 atom stereocenters. The van der Waals surface area contributed by atoms with Crippen LogP contribution in [0, 0.1) is 0 Å². The SMILES string of the molecule is O=C(C1Cc2ccccc21)N1CCCC(Cl)C1. The van der Waals surface area contributed by atoms with E-state index in [1.807, 2.05) is 17.0 Å². The van der Waals surface area contributed by atoms with Gasteiger partial charge in [0, 0.05) is 13.1 Å². The molecule has 1 aliphatic heterocycles. The van der Waals surface area contributed by atoms with Crippen molar-refractivity contribution in [2.75, 3.05) is 13.1 Å². The molecule has 0 bridgehead atoms. The summed E-state index contributed by atoms with van der Waals surface area (Å²) in [6.07, 6.45) is 2.97. The fourth-order valence-electron chi connectivity index (χ4n) is 2.83. The number of hydrogen-bond acceptors (Lipinski definition) is 1. The number of nitrogens with zero attached hydrogens (tertiary/aromatic N) is 1. The quantitative estimate of drug-likeness (QED) is 0.701. The lowest BCUT2D eigenvalue weighted by molar-refractivity contribution is -0.134. The fourth-order valence-corrected chi connectivity index (χ4v) is 3.15. The minimum Gasteiger partial charge on any atom is -0.341 e. The summed E-state index contributed by atoms with van der Waals surface area (Å²) in [5.74, 6) is 0.363. The zero-order valence-electron chi connectivity index (χ0n) is 9.73. The standard InChI is InChI=1S/C14H16ClNO/c15-11-5-3-7-16(9-11)14(17)13-8-10-4-1-2-6-12(10)13/h1-2,4,6,11,13H,3,5,7-9H2. The van der Waals surface area contributed by atoms with Crippen LogP contribution < -0.4 is 0 Å². The predicted octanol–water partition coefficient (Wildman–Crippen LogP) is 2.56. The molecule has 1 aromatic carbocycles. The van der Waals surface area contributed by atoms with E-state index in [2.05, 4.69) is 12.1 Å².